The van der Waals surface area contributed by atoms with E-state index in [9.17, 15) is 0 Å². The summed E-state index contributed by atoms with van der Waals surface area (Å²) in [5.74, 6) is 0.664. The maximum Gasteiger partial charge on any atom is 0.235 e. The third kappa shape index (κ3) is 4.13. The molecule has 0 bridgehead atoms. The van der Waals surface area contributed by atoms with Gasteiger partial charge in [0.1, 0.15) is 0 Å². The molecule has 0 aliphatic rings. The number of hydrogen-bond donors (Lipinski definition) is 0. The van der Waals surface area contributed by atoms with Gasteiger partial charge in [-0.3, -0.25) is 4.57 Å². The van der Waals surface area contributed by atoms with Crippen LogP contribution >= 0.6 is 11.3 Å². The van der Waals surface area contributed by atoms with E-state index in [1.165, 1.54) is 47.3 Å². The maximum absolute atomic E-state index is 5.40. The number of fused-ring (bicyclic) bond motifs is 10. The van der Waals surface area contributed by atoms with Gasteiger partial charge in [0, 0.05) is 37.4 Å². The molecule has 48 heavy (non-hydrogen) atoms. The minimum absolute atomic E-state index is 0.664. The molecule has 0 unspecified atom stereocenters. The van der Waals surface area contributed by atoms with Crippen molar-refractivity contribution in [3.63, 3.8) is 0 Å². The highest BCUT2D eigenvalue weighted by atomic mass is 32.1. The lowest BCUT2D eigenvalue weighted by atomic mass is 9.99. The lowest BCUT2D eigenvalue weighted by molar-refractivity contribution is 0.998. The average molecular weight is 630 g/mol. The minimum Gasteiger partial charge on any atom is -0.276 e. The smallest absolute Gasteiger partial charge is 0.235 e. The molecule has 0 saturated carbocycles. The average Bonchev–Trinajstić information content (AvgIpc) is 3.73. The van der Waals surface area contributed by atoms with Crippen molar-refractivity contribution >= 4 is 64.1 Å². The number of nitrogens with zero attached hydrogens (tertiary/aromatic N) is 3. The van der Waals surface area contributed by atoms with Crippen molar-refractivity contribution < 1.29 is 0 Å². The lowest BCUT2D eigenvalue weighted by Gasteiger charge is -2.13. The van der Waals surface area contributed by atoms with Crippen molar-refractivity contribution in [2.24, 2.45) is 0 Å². The van der Waals surface area contributed by atoms with Crippen LogP contribution in [0.2, 0.25) is 0 Å². The fraction of sp³-hybridized carbons (Fsp3) is 0. The molecule has 7 aromatic carbocycles. The van der Waals surface area contributed by atoms with Crippen LogP contribution in [0.4, 0.5) is 0 Å². The Balaban J connectivity index is 1.34. The molecule has 10 rings (SSSR count). The third-order valence-electron chi connectivity index (χ3n) is 9.40. The van der Waals surface area contributed by atoms with E-state index in [1.54, 1.807) is 0 Å². The zero-order valence-electron chi connectivity index (χ0n) is 25.8. The first-order valence-corrected chi connectivity index (χ1v) is 17.0. The summed E-state index contributed by atoms with van der Waals surface area (Å²) < 4.78 is 4.84. The van der Waals surface area contributed by atoms with E-state index in [4.69, 9.17) is 9.97 Å². The topological polar surface area (TPSA) is 30.7 Å². The van der Waals surface area contributed by atoms with Crippen LogP contribution in [0, 0.1) is 0 Å². The van der Waals surface area contributed by atoms with Crippen molar-refractivity contribution in [1.82, 2.24) is 14.5 Å². The molecular formula is C44H27N3S. The van der Waals surface area contributed by atoms with Gasteiger partial charge in [0.15, 0.2) is 0 Å². The summed E-state index contributed by atoms with van der Waals surface area (Å²) in [6.07, 6.45) is 0. The summed E-state index contributed by atoms with van der Waals surface area (Å²) in [7, 11) is 0. The first-order chi connectivity index (χ1) is 23.8. The predicted molar refractivity (Wildman–Crippen MR) is 203 cm³/mol. The van der Waals surface area contributed by atoms with Crippen molar-refractivity contribution in [3.8, 4) is 39.6 Å². The van der Waals surface area contributed by atoms with E-state index in [2.05, 4.69) is 162 Å². The van der Waals surface area contributed by atoms with Crippen LogP contribution in [-0.4, -0.2) is 14.5 Å². The van der Waals surface area contributed by atoms with Crippen molar-refractivity contribution in [1.29, 1.82) is 0 Å². The molecule has 0 atom stereocenters. The summed E-state index contributed by atoms with van der Waals surface area (Å²) in [5.41, 5.74) is 8.46. The standard InChI is InChI=1S/C44H27N3S/c1-3-14-28(15-4-1)30-18-13-19-31(26-30)37-27-36(29-16-5-2-6-17-29)45-44(46-37)47-38-24-11-9-22-34(38)40-32-20-7-8-21-33(32)41-35-23-10-12-25-39(35)48-43(41)42(40)47/h1-27H. The monoisotopic (exact) mass is 629 g/mol. The number of aromatic nitrogens is 3. The SMILES string of the molecule is c1ccc(-c2cccc(-c3cc(-c4ccccc4)nc(-n4c5ccccc5c5c6ccccc6c6c7ccccc7sc6c54)n3)c2)cc1. The van der Waals surface area contributed by atoms with Gasteiger partial charge in [-0.05, 0) is 46.2 Å². The van der Waals surface area contributed by atoms with E-state index in [-0.39, 0.29) is 0 Å². The van der Waals surface area contributed by atoms with Crippen molar-refractivity contribution in [2.75, 3.05) is 0 Å². The van der Waals surface area contributed by atoms with Crippen LogP contribution in [0.1, 0.15) is 0 Å². The van der Waals surface area contributed by atoms with Crippen LogP contribution in [0.5, 0.6) is 0 Å². The van der Waals surface area contributed by atoms with Crippen molar-refractivity contribution in [3.05, 3.63) is 164 Å². The van der Waals surface area contributed by atoms with E-state index in [0.717, 1.165) is 39.1 Å². The predicted octanol–water partition coefficient (Wildman–Crippen LogP) is 12.1. The molecule has 224 valence electrons. The molecule has 3 heterocycles. The summed E-state index contributed by atoms with van der Waals surface area (Å²) in [5, 5.41) is 7.53. The van der Waals surface area contributed by atoms with Gasteiger partial charge in [-0.15, -0.1) is 11.3 Å². The number of hydrogen-bond acceptors (Lipinski definition) is 3. The molecule has 0 aliphatic heterocycles. The zero-order chi connectivity index (χ0) is 31.6. The van der Waals surface area contributed by atoms with Gasteiger partial charge in [0.05, 0.1) is 27.1 Å². The molecule has 3 aromatic heterocycles. The number of thiophene rings is 1. The first-order valence-electron chi connectivity index (χ1n) is 16.2. The molecule has 0 radical (unpaired) electrons. The molecule has 0 N–H and O–H groups in total. The van der Waals surface area contributed by atoms with Gasteiger partial charge in [-0.25, -0.2) is 9.97 Å². The molecule has 0 spiro atoms. The Kier molecular flexibility index (Phi) is 6.05. The van der Waals surface area contributed by atoms with Gasteiger partial charge in [0.25, 0.3) is 0 Å². The fourth-order valence-electron chi connectivity index (χ4n) is 7.26. The van der Waals surface area contributed by atoms with Gasteiger partial charge in [-0.1, -0.05) is 140 Å². The van der Waals surface area contributed by atoms with E-state index in [0.29, 0.717) is 5.95 Å². The van der Waals surface area contributed by atoms with Crippen LogP contribution in [0.15, 0.2) is 164 Å². The zero-order valence-corrected chi connectivity index (χ0v) is 26.7. The molecule has 10 aromatic rings. The summed E-state index contributed by atoms with van der Waals surface area (Å²) in [6.45, 7) is 0. The lowest BCUT2D eigenvalue weighted by Crippen LogP contribution is -2.04. The molecule has 0 saturated heterocycles. The number of rotatable bonds is 4. The third-order valence-corrected chi connectivity index (χ3v) is 10.6. The Morgan fingerprint density at radius 3 is 1.75 bits per heavy atom. The van der Waals surface area contributed by atoms with Crippen LogP contribution in [0.25, 0.3) is 92.3 Å². The maximum atomic E-state index is 5.40. The molecule has 4 heteroatoms. The highest BCUT2D eigenvalue weighted by Crippen LogP contribution is 2.47. The highest BCUT2D eigenvalue weighted by Gasteiger charge is 2.23. The van der Waals surface area contributed by atoms with Gasteiger partial charge in [-0.2, -0.15) is 0 Å². The second-order valence-corrected chi connectivity index (χ2v) is 13.2. The van der Waals surface area contributed by atoms with Crippen LogP contribution < -0.4 is 0 Å². The Hall–Kier alpha value is -6.10. The van der Waals surface area contributed by atoms with Crippen LogP contribution in [0.3, 0.4) is 0 Å². The van der Waals surface area contributed by atoms with Gasteiger partial charge < -0.3 is 0 Å². The fourth-order valence-corrected chi connectivity index (χ4v) is 8.52. The molecular weight excluding hydrogens is 603 g/mol. The largest absolute Gasteiger partial charge is 0.276 e. The Bertz CT molecular complexity index is 2830. The van der Waals surface area contributed by atoms with Crippen molar-refractivity contribution in [2.45, 2.75) is 0 Å². The van der Waals surface area contributed by atoms with Crippen LogP contribution in [-0.2, 0) is 0 Å². The van der Waals surface area contributed by atoms with E-state index >= 15 is 0 Å². The van der Waals surface area contributed by atoms with E-state index < -0.39 is 0 Å². The highest BCUT2D eigenvalue weighted by molar-refractivity contribution is 7.27. The first kappa shape index (κ1) is 27.1. The van der Waals surface area contributed by atoms with E-state index in [1.807, 2.05) is 17.4 Å². The molecule has 0 aliphatic carbocycles. The Morgan fingerprint density at radius 2 is 0.979 bits per heavy atom. The van der Waals surface area contributed by atoms with Gasteiger partial charge >= 0.3 is 0 Å². The molecule has 0 amide bonds. The molecule has 0 fully saturated rings. The Labute approximate surface area is 281 Å². The normalized spacial score (nSPS) is 11.8. The second-order valence-electron chi connectivity index (χ2n) is 12.2. The summed E-state index contributed by atoms with van der Waals surface area (Å²) >= 11 is 1.85. The summed E-state index contributed by atoms with van der Waals surface area (Å²) in [4.78, 5) is 10.8. The number of benzene rings is 7. The summed E-state index contributed by atoms with van der Waals surface area (Å²) in [6, 6.07) is 58.1. The molecule has 3 nitrogen and oxygen atoms in total. The second kappa shape index (κ2) is 10.7. The number of para-hydroxylation sites is 1. The Morgan fingerprint density at radius 1 is 0.417 bits per heavy atom. The minimum atomic E-state index is 0.664. The quantitative estimate of drug-likeness (QED) is 0.194. The van der Waals surface area contributed by atoms with Gasteiger partial charge in [0.2, 0.25) is 5.95 Å².